The molecule has 1 N–H and O–H groups in total. The molecule has 0 spiro atoms. The molecule has 3 aromatic carbocycles. The van der Waals surface area contributed by atoms with Gasteiger partial charge in [0.15, 0.2) is 0 Å². The number of hydrogen-bond donors (Lipinski definition) is 1. The number of nitriles is 1. The maximum absolute atomic E-state index is 13.0. The number of rotatable bonds is 9. The highest BCUT2D eigenvalue weighted by atomic mass is 32.2. The number of carbonyl (C=O) groups is 2. The number of carbonyl (C=O) groups excluding carboxylic acids is 2. The lowest BCUT2D eigenvalue weighted by Crippen LogP contribution is -2.35. The summed E-state index contributed by atoms with van der Waals surface area (Å²) in [5.74, 6) is -1.09. The summed E-state index contributed by atoms with van der Waals surface area (Å²) in [6.07, 6.45) is 0.478. The minimum Gasteiger partial charge on any atom is -0.466 e. The molecule has 0 unspecified atom stereocenters. The number of nitrogens with one attached hydrogen (secondary N) is 1. The molecule has 0 bridgehead atoms. The molecule has 5 nitrogen and oxygen atoms in total. The van der Waals surface area contributed by atoms with Gasteiger partial charge in [0, 0.05) is 16.3 Å². The Hall–Kier alpha value is -3.56. The van der Waals surface area contributed by atoms with Gasteiger partial charge in [-0.25, -0.2) is 0 Å². The van der Waals surface area contributed by atoms with Crippen molar-refractivity contribution in [2.75, 3.05) is 13.2 Å². The Bertz CT molecular complexity index is 1110. The maximum atomic E-state index is 13.0. The molecule has 1 atom stereocenters. The van der Waals surface area contributed by atoms with Crippen LogP contribution in [0.2, 0.25) is 0 Å². The standard InChI is InChI=1S/C26H24N2O3S/c1-2-31-26(30)21(16-19-10-4-3-5-11-19)18-28-25(29)22-13-7-9-15-24(22)32-23-14-8-6-12-20(23)17-27/h3-15,21H,2,16,18H2,1H3,(H,28,29)/t21-/m0/s1. The van der Waals surface area contributed by atoms with E-state index >= 15 is 0 Å². The Balaban J connectivity index is 1.74. The fourth-order valence-electron chi connectivity index (χ4n) is 3.22. The van der Waals surface area contributed by atoms with E-state index in [1.165, 1.54) is 11.8 Å². The lowest BCUT2D eigenvalue weighted by molar-refractivity contribution is -0.147. The molecule has 162 valence electrons. The largest absolute Gasteiger partial charge is 0.466 e. The monoisotopic (exact) mass is 444 g/mol. The number of esters is 1. The Kier molecular flexibility index (Phi) is 8.47. The van der Waals surface area contributed by atoms with E-state index in [9.17, 15) is 14.9 Å². The highest BCUT2D eigenvalue weighted by molar-refractivity contribution is 7.99. The summed E-state index contributed by atoms with van der Waals surface area (Å²) in [7, 11) is 0. The molecule has 0 aliphatic rings. The van der Waals surface area contributed by atoms with Crippen LogP contribution in [0.1, 0.15) is 28.4 Å². The van der Waals surface area contributed by atoms with Crippen LogP contribution in [0.4, 0.5) is 0 Å². The summed E-state index contributed by atoms with van der Waals surface area (Å²) in [6.45, 7) is 2.22. The summed E-state index contributed by atoms with van der Waals surface area (Å²) in [5, 5.41) is 12.2. The van der Waals surface area contributed by atoms with Crippen LogP contribution in [-0.4, -0.2) is 25.0 Å². The molecule has 0 aromatic heterocycles. The van der Waals surface area contributed by atoms with Crippen LogP contribution in [0.25, 0.3) is 0 Å². The lowest BCUT2D eigenvalue weighted by atomic mass is 9.99. The predicted octanol–water partition coefficient (Wildman–Crippen LogP) is 4.86. The molecule has 3 rings (SSSR count). The van der Waals surface area contributed by atoms with Crippen LogP contribution in [0.15, 0.2) is 88.7 Å². The molecule has 6 heteroatoms. The van der Waals surface area contributed by atoms with Gasteiger partial charge in [-0.1, -0.05) is 66.4 Å². The van der Waals surface area contributed by atoms with E-state index in [0.29, 0.717) is 17.5 Å². The van der Waals surface area contributed by atoms with Crippen molar-refractivity contribution < 1.29 is 14.3 Å². The second-order valence-corrected chi connectivity index (χ2v) is 8.14. The molecule has 1 amide bonds. The van der Waals surface area contributed by atoms with Crippen LogP contribution in [0.5, 0.6) is 0 Å². The van der Waals surface area contributed by atoms with Gasteiger partial charge in [-0.15, -0.1) is 0 Å². The third-order valence-corrected chi connectivity index (χ3v) is 5.96. The Morgan fingerprint density at radius 1 is 0.969 bits per heavy atom. The van der Waals surface area contributed by atoms with Gasteiger partial charge >= 0.3 is 5.97 Å². The van der Waals surface area contributed by atoms with Gasteiger partial charge < -0.3 is 10.1 Å². The van der Waals surface area contributed by atoms with Gasteiger partial charge in [0.05, 0.1) is 23.7 Å². The number of ether oxygens (including phenoxy) is 1. The second-order valence-electron chi connectivity index (χ2n) is 7.05. The maximum Gasteiger partial charge on any atom is 0.311 e. The topological polar surface area (TPSA) is 79.2 Å². The van der Waals surface area contributed by atoms with Crippen LogP contribution in [0.3, 0.4) is 0 Å². The molecule has 3 aromatic rings. The quantitative estimate of drug-likeness (QED) is 0.477. The zero-order valence-electron chi connectivity index (χ0n) is 17.8. The Morgan fingerprint density at radius 2 is 1.62 bits per heavy atom. The van der Waals surface area contributed by atoms with Crippen LogP contribution >= 0.6 is 11.8 Å². The minimum absolute atomic E-state index is 0.167. The first-order chi connectivity index (χ1) is 15.6. The molecular formula is C26H24N2O3S. The number of hydrogen-bond acceptors (Lipinski definition) is 5. The first kappa shape index (κ1) is 23.1. The Labute approximate surface area is 192 Å². The van der Waals surface area contributed by atoms with Crippen molar-refractivity contribution in [1.29, 1.82) is 5.26 Å². The molecule has 32 heavy (non-hydrogen) atoms. The van der Waals surface area contributed by atoms with Crippen molar-refractivity contribution in [3.63, 3.8) is 0 Å². The summed E-state index contributed by atoms with van der Waals surface area (Å²) in [4.78, 5) is 27.0. The fourth-order valence-corrected chi connectivity index (χ4v) is 4.24. The molecule has 0 fully saturated rings. The van der Waals surface area contributed by atoms with E-state index in [2.05, 4.69) is 11.4 Å². The third-order valence-electron chi connectivity index (χ3n) is 4.81. The van der Waals surface area contributed by atoms with Gasteiger partial charge in [0.25, 0.3) is 5.91 Å². The van der Waals surface area contributed by atoms with Crippen LogP contribution < -0.4 is 5.32 Å². The molecule has 0 radical (unpaired) electrons. The molecule has 0 saturated heterocycles. The molecule has 0 aliphatic carbocycles. The first-order valence-corrected chi connectivity index (χ1v) is 11.2. The molecular weight excluding hydrogens is 420 g/mol. The Morgan fingerprint density at radius 3 is 2.34 bits per heavy atom. The van der Waals surface area contributed by atoms with Crippen molar-refractivity contribution in [3.8, 4) is 6.07 Å². The predicted molar refractivity (Wildman–Crippen MR) is 124 cm³/mol. The lowest BCUT2D eigenvalue weighted by Gasteiger charge is -2.17. The van der Waals surface area contributed by atoms with E-state index in [0.717, 1.165) is 15.4 Å². The van der Waals surface area contributed by atoms with Crippen molar-refractivity contribution in [2.24, 2.45) is 5.92 Å². The van der Waals surface area contributed by atoms with Crippen molar-refractivity contribution in [1.82, 2.24) is 5.32 Å². The highest BCUT2D eigenvalue weighted by Gasteiger charge is 2.22. The molecule has 0 heterocycles. The van der Waals surface area contributed by atoms with E-state index in [-0.39, 0.29) is 25.0 Å². The van der Waals surface area contributed by atoms with E-state index in [1.807, 2.05) is 60.7 Å². The average molecular weight is 445 g/mol. The van der Waals surface area contributed by atoms with E-state index in [1.54, 1.807) is 25.1 Å². The second kappa shape index (κ2) is 11.7. The zero-order valence-corrected chi connectivity index (χ0v) is 18.6. The van der Waals surface area contributed by atoms with Crippen LogP contribution in [-0.2, 0) is 16.0 Å². The van der Waals surface area contributed by atoms with Gasteiger partial charge in [0.2, 0.25) is 0 Å². The van der Waals surface area contributed by atoms with Crippen molar-refractivity contribution in [2.45, 2.75) is 23.1 Å². The summed E-state index contributed by atoms with van der Waals surface area (Å²) >= 11 is 1.37. The van der Waals surface area contributed by atoms with Crippen LogP contribution in [0, 0.1) is 17.2 Å². The molecule has 0 aliphatic heterocycles. The number of benzene rings is 3. The van der Waals surface area contributed by atoms with Crippen molar-refractivity contribution >= 4 is 23.6 Å². The smallest absolute Gasteiger partial charge is 0.311 e. The van der Waals surface area contributed by atoms with E-state index < -0.39 is 5.92 Å². The molecule has 0 saturated carbocycles. The first-order valence-electron chi connectivity index (χ1n) is 10.4. The number of nitrogens with zero attached hydrogens (tertiary/aromatic N) is 1. The fraction of sp³-hybridized carbons (Fsp3) is 0.192. The van der Waals surface area contributed by atoms with Gasteiger partial charge in [-0.05, 0) is 43.2 Å². The summed E-state index contributed by atoms with van der Waals surface area (Å²) in [6, 6.07) is 26.3. The zero-order chi connectivity index (χ0) is 22.8. The van der Waals surface area contributed by atoms with Gasteiger partial charge in [-0.2, -0.15) is 5.26 Å². The van der Waals surface area contributed by atoms with Gasteiger partial charge in [-0.3, -0.25) is 9.59 Å². The minimum atomic E-state index is -0.486. The summed E-state index contributed by atoms with van der Waals surface area (Å²) in [5.41, 5.74) is 2.05. The SMILES string of the molecule is CCOC(=O)[C@H](CNC(=O)c1ccccc1Sc1ccccc1C#N)Cc1ccccc1. The average Bonchev–Trinajstić information content (AvgIpc) is 2.83. The van der Waals surface area contributed by atoms with Gasteiger partial charge in [0.1, 0.15) is 6.07 Å². The third kappa shape index (κ3) is 6.22. The van der Waals surface area contributed by atoms with Crippen molar-refractivity contribution in [3.05, 3.63) is 95.6 Å². The highest BCUT2D eigenvalue weighted by Crippen LogP contribution is 2.32. The summed E-state index contributed by atoms with van der Waals surface area (Å²) < 4.78 is 5.22. The normalized spacial score (nSPS) is 11.2. The van der Waals surface area contributed by atoms with E-state index in [4.69, 9.17) is 4.74 Å². The number of amides is 1.